The van der Waals surface area contributed by atoms with Crippen molar-refractivity contribution >= 4 is 34.2 Å². The summed E-state index contributed by atoms with van der Waals surface area (Å²) in [5.41, 5.74) is 1.60. The van der Waals surface area contributed by atoms with Crippen LogP contribution in [0.4, 0.5) is 10.5 Å². The summed E-state index contributed by atoms with van der Waals surface area (Å²) in [6, 6.07) is 12.6. The number of urea groups is 1. The first kappa shape index (κ1) is 24.2. The Hall–Kier alpha value is -3.54. The van der Waals surface area contributed by atoms with Crippen molar-refractivity contribution < 1.29 is 14.3 Å². The predicted molar refractivity (Wildman–Crippen MR) is 139 cm³/mol. The summed E-state index contributed by atoms with van der Waals surface area (Å²) < 4.78 is 12.4. The molecule has 1 aliphatic heterocycles. The van der Waals surface area contributed by atoms with E-state index in [2.05, 4.69) is 33.9 Å². The Labute approximate surface area is 214 Å². The van der Waals surface area contributed by atoms with Gasteiger partial charge in [-0.25, -0.2) is 4.79 Å². The zero-order chi connectivity index (χ0) is 25.1. The Morgan fingerprint density at radius 2 is 1.97 bits per heavy atom. The van der Waals surface area contributed by atoms with Crippen LogP contribution in [0.3, 0.4) is 0 Å². The molecule has 0 radical (unpaired) electrons. The van der Waals surface area contributed by atoms with E-state index in [-0.39, 0.29) is 18.2 Å². The largest absolute Gasteiger partial charge is 0.489 e. The molecule has 186 valence electrons. The van der Waals surface area contributed by atoms with Crippen molar-refractivity contribution in [1.29, 1.82) is 5.26 Å². The Morgan fingerprint density at radius 1 is 1.17 bits per heavy atom. The van der Waals surface area contributed by atoms with E-state index in [1.165, 1.54) is 0 Å². The van der Waals surface area contributed by atoms with Gasteiger partial charge in [0.2, 0.25) is 0 Å². The lowest BCUT2D eigenvalue weighted by molar-refractivity contribution is 0.128. The van der Waals surface area contributed by atoms with E-state index < -0.39 is 0 Å². The molecule has 3 aromatic rings. The van der Waals surface area contributed by atoms with Crippen LogP contribution in [0.15, 0.2) is 42.6 Å². The van der Waals surface area contributed by atoms with Crippen molar-refractivity contribution in [2.45, 2.75) is 44.8 Å². The molecule has 1 unspecified atom stereocenters. The van der Waals surface area contributed by atoms with E-state index in [0.717, 1.165) is 38.8 Å². The molecule has 36 heavy (non-hydrogen) atoms. The summed E-state index contributed by atoms with van der Waals surface area (Å²) in [5.74, 6) is 2.01. The number of aromatic nitrogens is 1. The number of pyridine rings is 1. The van der Waals surface area contributed by atoms with Gasteiger partial charge < -0.3 is 25.4 Å². The van der Waals surface area contributed by atoms with Gasteiger partial charge in [-0.15, -0.1) is 0 Å². The molecule has 8 nitrogen and oxygen atoms in total. The van der Waals surface area contributed by atoms with Crippen molar-refractivity contribution in [3.63, 3.8) is 0 Å². The zero-order valence-electron chi connectivity index (χ0n) is 20.0. The van der Waals surface area contributed by atoms with E-state index >= 15 is 0 Å². The fourth-order valence-corrected chi connectivity index (χ4v) is 4.61. The molecule has 1 saturated heterocycles. The standard InChI is InChI=1S/C27H28ClN5O3/c1-16(17-6-9-30-10-7-17)35-26-14-24-21(12-18(26)15-29)25(8-11-31-24)36-20-4-5-23(22(28)13-20)33-27(34)32-19-2-3-19/h4-5,8,11-14,16-17,19,30H,2-3,6-7,9-10H2,1H3,(H2,32,33,34). The third-order valence-electron chi connectivity index (χ3n) is 6.61. The van der Waals surface area contributed by atoms with Crippen LogP contribution in [0.5, 0.6) is 17.2 Å². The van der Waals surface area contributed by atoms with Gasteiger partial charge in [-0.05, 0) is 75.9 Å². The number of rotatable bonds is 7. The highest BCUT2D eigenvalue weighted by molar-refractivity contribution is 6.33. The van der Waals surface area contributed by atoms with Crippen molar-refractivity contribution in [1.82, 2.24) is 15.6 Å². The topological polar surface area (TPSA) is 108 Å². The second kappa shape index (κ2) is 10.6. The van der Waals surface area contributed by atoms with E-state index in [1.807, 2.05) is 0 Å². The second-order valence-electron chi connectivity index (χ2n) is 9.31. The molecule has 1 aromatic heterocycles. The lowest BCUT2D eigenvalue weighted by Crippen LogP contribution is -2.35. The first-order valence-electron chi connectivity index (χ1n) is 12.3. The Balaban J connectivity index is 1.35. The number of hydrogen-bond acceptors (Lipinski definition) is 6. The minimum absolute atomic E-state index is 0.00305. The van der Waals surface area contributed by atoms with Gasteiger partial charge in [0.25, 0.3) is 0 Å². The number of halogens is 1. The van der Waals surface area contributed by atoms with Crippen molar-refractivity contribution in [2.75, 3.05) is 18.4 Å². The molecule has 2 amide bonds. The van der Waals surface area contributed by atoms with Crippen LogP contribution in [0.2, 0.25) is 5.02 Å². The first-order valence-corrected chi connectivity index (χ1v) is 12.6. The molecule has 1 saturated carbocycles. The number of benzene rings is 2. The number of fused-ring (bicyclic) bond motifs is 1. The number of carbonyl (C=O) groups is 1. The molecular weight excluding hydrogens is 478 g/mol. The fraction of sp³-hybridized carbons (Fsp3) is 0.370. The lowest BCUT2D eigenvalue weighted by Gasteiger charge is -2.29. The fourth-order valence-electron chi connectivity index (χ4n) is 4.39. The highest BCUT2D eigenvalue weighted by Gasteiger charge is 2.24. The molecule has 2 heterocycles. The molecule has 9 heteroatoms. The Morgan fingerprint density at radius 3 is 2.69 bits per heavy atom. The molecule has 3 N–H and O–H groups in total. The minimum atomic E-state index is -0.273. The number of nitrogens with zero attached hydrogens (tertiary/aromatic N) is 2. The van der Waals surface area contributed by atoms with Crippen LogP contribution in [-0.4, -0.2) is 36.3 Å². The number of carbonyl (C=O) groups excluding carboxylic acids is 1. The van der Waals surface area contributed by atoms with E-state index in [1.54, 1.807) is 42.6 Å². The summed E-state index contributed by atoms with van der Waals surface area (Å²) in [5, 5.41) is 19.9. The number of nitriles is 1. The third-order valence-corrected chi connectivity index (χ3v) is 6.93. The van der Waals surface area contributed by atoms with Crippen LogP contribution < -0.4 is 25.4 Å². The van der Waals surface area contributed by atoms with Gasteiger partial charge in [-0.2, -0.15) is 5.26 Å². The number of amides is 2. The quantitative estimate of drug-likeness (QED) is 0.385. The number of nitrogens with one attached hydrogen (secondary N) is 3. The number of hydrogen-bond donors (Lipinski definition) is 3. The molecule has 0 bridgehead atoms. The van der Waals surface area contributed by atoms with Crippen LogP contribution >= 0.6 is 11.6 Å². The molecule has 2 aliphatic rings. The summed E-state index contributed by atoms with van der Waals surface area (Å²) in [6.07, 6.45) is 5.77. The average molecular weight is 506 g/mol. The number of ether oxygens (including phenoxy) is 2. The number of piperidine rings is 1. The van der Waals surface area contributed by atoms with Gasteiger partial charge in [0, 0.05) is 29.8 Å². The SMILES string of the molecule is CC(Oc1cc2nccc(Oc3ccc(NC(=O)NC4CC4)c(Cl)c3)c2cc1C#N)C1CCNCC1. The van der Waals surface area contributed by atoms with Gasteiger partial charge in [0.05, 0.1) is 27.9 Å². The maximum atomic E-state index is 12.0. The van der Waals surface area contributed by atoms with Crippen LogP contribution in [0.25, 0.3) is 10.9 Å². The molecule has 5 rings (SSSR count). The summed E-state index contributed by atoms with van der Waals surface area (Å²) in [6.45, 7) is 4.03. The molecule has 1 aliphatic carbocycles. The summed E-state index contributed by atoms with van der Waals surface area (Å²) in [4.78, 5) is 16.5. The van der Waals surface area contributed by atoms with Gasteiger partial charge in [-0.3, -0.25) is 4.98 Å². The van der Waals surface area contributed by atoms with E-state index in [0.29, 0.717) is 50.3 Å². The van der Waals surface area contributed by atoms with Crippen molar-refractivity contribution in [3.8, 4) is 23.3 Å². The smallest absolute Gasteiger partial charge is 0.319 e. The first-order chi connectivity index (χ1) is 17.5. The Bertz CT molecular complexity index is 1310. The van der Waals surface area contributed by atoms with Crippen molar-refractivity contribution in [2.24, 2.45) is 5.92 Å². The maximum absolute atomic E-state index is 12.0. The average Bonchev–Trinajstić information content (AvgIpc) is 3.70. The third kappa shape index (κ3) is 5.64. The number of anilines is 1. The highest BCUT2D eigenvalue weighted by atomic mass is 35.5. The summed E-state index contributed by atoms with van der Waals surface area (Å²) in [7, 11) is 0. The van der Waals surface area contributed by atoms with Crippen LogP contribution in [0.1, 0.15) is 38.2 Å². The lowest BCUT2D eigenvalue weighted by atomic mass is 9.93. The minimum Gasteiger partial charge on any atom is -0.489 e. The van der Waals surface area contributed by atoms with E-state index in [4.69, 9.17) is 21.1 Å². The van der Waals surface area contributed by atoms with E-state index in [9.17, 15) is 10.1 Å². The normalized spacial score (nSPS) is 16.7. The van der Waals surface area contributed by atoms with Gasteiger partial charge >= 0.3 is 6.03 Å². The van der Waals surface area contributed by atoms with Crippen molar-refractivity contribution in [3.05, 3.63) is 53.2 Å². The van der Waals surface area contributed by atoms with Gasteiger partial charge in [0.15, 0.2) is 0 Å². The molecule has 2 fully saturated rings. The zero-order valence-corrected chi connectivity index (χ0v) is 20.8. The summed E-state index contributed by atoms with van der Waals surface area (Å²) >= 11 is 6.39. The predicted octanol–water partition coefficient (Wildman–Crippen LogP) is 5.60. The highest BCUT2D eigenvalue weighted by Crippen LogP contribution is 2.36. The molecule has 2 aromatic carbocycles. The second-order valence-corrected chi connectivity index (χ2v) is 9.72. The van der Waals surface area contributed by atoms with Gasteiger partial charge in [-0.1, -0.05) is 11.6 Å². The Kier molecular flexibility index (Phi) is 7.12. The van der Waals surface area contributed by atoms with Crippen LogP contribution in [0, 0.1) is 17.2 Å². The molecule has 1 atom stereocenters. The maximum Gasteiger partial charge on any atom is 0.319 e. The monoisotopic (exact) mass is 505 g/mol. The van der Waals surface area contributed by atoms with Crippen LogP contribution in [-0.2, 0) is 0 Å². The molecular formula is C27H28ClN5O3. The van der Waals surface area contributed by atoms with Gasteiger partial charge in [0.1, 0.15) is 23.3 Å². The molecule has 0 spiro atoms.